The molecule has 0 spiro atoms. The summed E-state index contributed by atoms with van der Waals surface area (Å²) in [5.74, 6) is -0.146. The molecule has 0 radical (unpaired) electrons. The van der Waals surface area contributed by atoms with E-state index in [4.69, 9.17) is 4.74 Å². The zero-order valence-corrected chi connectivity index (χ0v) is 13.7. The maximum absolute atomic E-state index is 11.9. The van der Waals surface area contributed by atoms with Gasteiger partial charge in [-0.15, -0.1) is 0 Å². The van der Waals surface area contributed by atoms with Gasteiger partial charge < -0.3 is 15.0 Å². The van der Waals surface area contributed by atoms with Crippen LogP contribution >= 0.6 is 0 Å². The zero-order chi connectivity index (χ0) is 15.0. The first-order chi connectivity index (χ1) is 9.57. The number of likely N-dealkylation sites (tertiary alicyclic amines) is 1. The molecule has 1 N–H and O–H groups in total. The molecule has 0 amide bonds. The summed E-state index contributed by atoms with van der Waals surface area (Å²) >= 11 is 0. The summed E-state index contributed by atoms with van der Waals surface area (Å²) in [5.41, 5.74) is -0.529. The third-order valence-electron chi connectivity index (χ3n) is 4.55. The predicted octanol–water partition coefficient (Wildman–Crippen LogP) is 2.57. The van der Waals surface area contributed by atoms with Crippen molar-refractivity contribution in [2.45, 2.75) is 70.9 Å². The van der Waals surface area contributed by atoms with Crippen molar-refractivity contribution in [3.05, 3.63) is 0 Å². The maximum Gasteiger partial charge on any atom is 0.325 e. The second-order valence-corrected chi connectivity index (χ2v) is 6.05. The molecule has 0 bridgehead atoms. The molecule has 1 saturated heterocycles. The molecule has 1 rings (SSSR count). The Morgan fingerprint density at radius 1 is 1.40 bits per heavy atom. The minimum atomic E-state index is -0.529. The van der Waals surface area contributed by atoms with Gasteiger partial charge in [-0.2, -0.15) is 0 Å². The highest BCUT2D eigenvalue weighted by atomic mass is 16.5. The molecule has 0 aromatic rings. The van der Waals surface area contributed by atoms with Crippen LogP contribution < -0.4 is 5.32 Å². The number of nitrogens with zero attached hydrogens (tertiary/aromatic N) is 1. The molecule has 2 atom stereocenters. The smallest absolute Gasteiger partial charge is 0.325 e. The minimum Gasteiger partial charge on any atom is -0.468 e. The summed E-state index contributed by atoms with van der Waals surface area (Å²) in [6, 6.07) is 0.788. The molecule has 1 aliphatic rings. The van der Waals surface area contributed by atoms with Gasteiger partial charge in [0.05, 0.1) is 7.11 Å². The van der Waals surface area contributed by atoms with E-state index in [9.17, 15) is 4.79 Å². The van der Waals surface area contributed by atoms with Gasteiger partial charge >= 0.3 is 5.97 Å². The molecule has 0 aromatic carbocycles. The molecular formula is C16H32N2O2. The number of carbonyl (C=O) groups excluding carboxylic acids is 1. The average Bonchev–Trinajstić information content (AvgIpc) is 2.90. The van der Waals surface area contributed by atoms with Crippen LogP contribution in [0.15, 0.2) is 0 Å². The fourth-order valence-corrected chi connectivity index (χ4v) is 3.32. The van der Waals surface area contributed by atoms with Crippen LogP contribution in [0.2, 0.25) is 0 Å². The van der Waals surface area contributed by atoms with Crippen molar-refractivity contribution in [1.82, 2.24) is 10.2 Å². The van der Waals surface area contributed by atoms with Crippen molar-refractivity contribution in [1.29, 1.82) is 0 Å². The lowest BCUT2D eigenvalue weighted by Crippen LogP contribution is -2.50. The first kappa shape index (κ1) is 17.4. The molecule has 20 heavy (non-hydrogen) atoms. The van der Waals surface area contributed by atoms with E-state index in [1.165, 1.54) is 39.5 Å². The molecule has 1 heterocycles. The fourth-order valence-electron chi connectivity index (χ4n) is 3.32. The van der Waals surface area contributed by atoms with Crippen LogP contribution in [-0.2, 0) is 9.53 Å². The van der Waals surface area contributed by atoms with E-state index in [0.717, 1.165) is 31.8 Å². The number of likely N-dealkylation sites (N-methyl/N-ethyl adjacent to an activating group) is 1. The molecule has 2 unspecified atom stereocenters. The number of nitrogens with one attached hydrogen (secondary N) is 1. The molecule has 4 heteroatoms. The van der Waals surface area contributed by atoms with Crippen molar-refractivity contribution < 1.29 is 9.53 Å². The first-order valence-electron chi connectivity index (χ1n) is 8.14. The highest BCUT2D eigenvalue weighted by molar-refractivity contribution is 5.80. The summed E-state index contributed by atoms with van der Waals surface area (Å²) in [6.45, 7) is 9.46. The Labute approximate surface area is 124 Å². The Morgan fingerprint density at radius 3 is 2.75 bits per heavy atom. The van der Waals surface area contributed by atoms with Crippen molar-refractivity contribution in [3.8, 4) is 0 Å². The molecule has 4 nitrogen and oxygen atoms in total. The Bertz CT molecular complexity index is 296. The topological polar surface area (TPSA) is 41.6 Å². The van der Waals surface area contributed by atoms with Gasteiger partial charge in [-0.1, -0.05) is 13.8 Å². The lowest BCUT2D eigenvalue weighted by atomic mass is 9.94. The zero-order valence-electron chi connectivity index (χ0n) is 13.7. The van der Waals surface area contributed by atoms with Gasteiger partial charge in [0, 0.05) is 6.04 Å². The largest absolute Gasteiger partial charge is 0.468 e. The number of hydrogen-bond acceptors (Lipinski definition) is 4. The van der Waals surface area contributed by atoms with E-state index in [0.29, 0.717) is 0 Å². The third-order valence-corrected chi connectivity index (χ3v) is 4.55. The van der Waals surface area contributed by atoms with Crippen LogP contribution in [0.4, 0.5) is 0 Å². The maximum atomic E-state index is 11.9. The summed E-state index contributed by atoms with van der Waals surface area (Å²) in [4.78, 5) is 14.5. The standard InChI is InChI=1S/C16H32N2O2/c1-5-14-10-9-13-18(14)12-8-7-11-16(3,17-6-2)15(19)20-4/h14,17H,5-13H2,1-4H3. The first-order valence-corrected chi connectivity index (χ1v) is 8.14. The number of rotatable bonds is 9. The minimum absolute atomic E-state index is 0.146. The van der Waals surface area contributed by atoms with E-state index in [1.54, 1.807) is 0 Å². The van der Waals surface area contributed by atoms with Gasteiger partial charge in [0.15, 0.2) is 0 Å². The summed E-state index contributed by atoms with van der Waals surface area (Å²) in [7, 11) is 1.47. The quantitative estimate of drug-likeness (QED) is 0.522. The van der Waals surface area contributed by atoms with Gasteiger partial charge in [-0.05, 0) is 65.1 Å². The highest BCUT2D eigenvalue weighted by Gasteiger charge is 2.32. The normalized spacial score (nSPS) is 22.7. The lowest BCUT2D eigenvalue weighted by Gasteiger charge is -2.28. The lowest BCUT2D eigenvalue weighted by molar-refractivity contribution is -0.148. The van der Waals surface area contributed by atoms with Crippen molar-refractivity contribution >= 4 is 5.97 Å². The van der Waals surface area contributed by atoms with E-state index in [2.05, 4.69) is 17.1 Å². The van der Waals surface area contributed by atoms with E-state index < -0.39 is 5.54 Å². The molecule has 1 aliphatic heterocycles. The monoisotopic (exact) mass is 284 g/mol. The van der Waals surface area contributed by atoms with Gasteiger partial charge in [0.1, 0.15) is 5.54 Å². The number of hydrogen-bond donors (Lipinski definition) is 1. The van der Waals surface area contributed by atoms with Crippen LogP contribution in [0.3, 0.4) is 0 Å². The molecule has 1 fully saturated rings. The van der Waals surface area contributed by atoms with Gasteiger partial charge in [-0.25, -0.2) is 0 Å². The number of ether oxygens (including phenoxy) is 1. The SMILES string of the molecule is CCNC(C)(CCCCN1CCCC1CC)C(=O)OC. The molecular weight excluding hydrogens is 252 g/mol. The van der Waals surface area contributed by atoms with Crippen LogP contribution in [0, 0.1) is 0 Å². The Hall–Kier alpha value is -0.610. The molecule has 0 aromatic heterocycles. The number of carbonyl (C=O) groups is 1. The second kappa shape index (κ2) is 8.63. The Kier molecular flexibility index (Phi) is 7.52. The number of unbranched alkanes of at least 4 members (excludes halogenated alkanes) is 1. The summed E-state index contributed by atoms with van der Waals surface area (Å²) < 4.78 is 4.92. The van der Waals surface area contributed by atoms with E-state index >= 15 is 0 Å². The van der Waals surface area contributed by atoms with Crippen molar-refractivity contribution in [2.75, 3.05) is 26.7 Å². The second-order valence-electron chi connectivity index (χ2n) is 6.05. The van der Waals surface area contributed by atoms with Gasteiger partial charge in [0.2, 0.25) is 0 Å². The van der Waals surface area contributed by atoms with Crippen LogP contribution in [0.5, 0.6) is 0 Å². The summed E-state index contributed by atoms with van der Waals surface area (Å²) in [5, 5.41) is 3.27. The van der Waals surface area contributed by atoms with Crippen molar-refractivity contribution in [2.24, 2.45) is 0 Å². The molecule has 0 aliphatic carbocycles. The Morgan fingerprint density at radius 2 is 2.15 bits per heavy atom. The van der Waals surface area contributed by atoms with Gasteiger partial charge in [-0.3, -0.25) is 4.79 Å². The summed E-state index contributed by atoms with van der Waals surface area (Å²) in [6.07, 6.45) is 7.03. The predicted molar refractivity (Wildman–Crippen MR) is 82.8 cm³/mol. The average molecular weight is 284 g/mol. The third kappa shape index (κ3) is 4.74. The molecule has 118 valence electrons. The number of methoxy groups -OCH3 is 1. The van der Waals surface area contributed by atoms with E-state index in [-0.39, 0.29) is 5.97 Å². The van der Waals surface area contributed by atoms with Gasteiger partial charge in [0.25, 0.3) is 0 Å². The van der Waals surface area contributed by atoms with Crippen LogP contribution in [0.1, 0.15) is 59.3 Å². The fraction of sp³-hybridized carbons (Fsp3) is 0.938. The number of esters is 1. The highest BCUT2D eigenvalue weighted by Crippen LogP contribution is 2.21. The van der Waals surface area contributed by atoms with Crippen molar-refractivity contribution in [3.63, 3.8) is 0 Å². The van der Waals surface area contributed by atoms with Crippen LogP contribution in [0.25, 0.3) is 0 Å². The van der Waals surface area contributed by atoms with E-state index in [1.807, 2.05) is 13.8 Å². The Balaban J connectivity index is 2.32. The molecule has 0 saturated carbocycles. The van der Waals surface area contributed by atoms with Crippen LogP contribution in [-0.4, -0.2) is 49.2 Å².